The molecule has 1 aliphatic rings. The number of hydrogen-bond acceptors (Lipinski definition) is 5. The van der Waals surface area contributed by atoms with Gasteiger partial charge < -0.3 is 14.8 Å². The Kier molecular flexibility index (Phi) is 7.95. The summed E-state index contributed by atoms with van der Waals surface area (Å²) in [7, 11) is 1.24. The van der Waals surface area contributed by atoms with Crippen LogP contribution in [-0.2, 0) is 19.1 Å². The predicted molar refractivity (Wildman–Crippen MR) is 90.5 cm³/mol. The molecule has 24 heavy (non-hydrogen) atoms. The molecule has 6 nitrogen and oxygen atoms in total. The number of hydrogen-bond donors (Lipinski definition) is 1. The highest BCUT2D eigenvalue weighted by molar-refractivity contribution is 5.90. The molecule has 1 rings (SSSR count). The van der Waals surface area contributed by atoms with E-state index in [9.17, 15) is 14.4 Å². The van der Waals surface area contributed by atoms with E-state index in [2.05, 4.69) is 10.1 Å². The van der Waals surface area contributed by atoms with E-state index in [1.165, 1.54) is 20.0 Å². The first-order chi connectivity index (χ1) is 11.2. The van der Waals surface area contributed by atoms with Crippen molar-refractivity contribution in [2.45, 2.75) is 70.9 Å². The molecule has 0 aromatic rings. The van der Waals surface area contributed by atoms with Gasteiger partial charge in [-0.3, -0.25) is 4.79 Å². The highest BCUT2D eigenvalue weighted by Crippen LogP contribution is 2.25. The van der Waals surface area contributed by atoms with E-state index in [1.807, 2.05) is 6.08 Å². The van der Waals surface area contributed by atoms with E-state index < -0.39 is 23.7 Å². The first kappa shape index (κ1) is 20.2. The summed E-state index contributed by atoms with van der Waals surface area (Å²) in [4.78, 5) is 35.5. The van der Waals surface area contributed by atoms with Crippen LogP contribution in [0.5, 0.6) is 0 Å². The van der Waals surface area contributed by atoms with E-state index in [-0.39, 0.29) is 18.6 Å². The number of alkyl carbamates (subject to hydrolysis) is 1. The maximum Gasteiger partial charge on any atom is 0.408 e. The molecule has 0 saturated heterocycles. The maximum absolute atomic E-state index is 11.9. The smallest absolute Gasteiger partial charge is 0.408 e. The molecule has 0 aliphatic heterocycles. The van der Waals surface area contributed by atoms with Crippen LogP contribution in [0.1, 0.15) is 59.3 Å². The lowest BCUT2D eigenvalue weighted by atomic mass is 10.0. The maximum atomic E-state index is 11.9. The van der Waals surface area contributed by atoms with Crippen molar-refractivity contribution in [1.82, 2.24) is 5.32 Å². The summed E-state index contributed by atoms with van der Waals surface area (Å²) >= 11 is 0. The van der Waals surface area contributed by atoms with Crippen molar-refractivity contribution in [1.29, 1.82) is 0 Å². The van der Waals surface area contributed by atoms with Gasteiger partial charge in [-0.1, -0.05) is 18.9 Å². The SMILES string of the molecule is COC(=O)[C@H](CCC(=O)/C=C/C1CCCC1)NC(=O)OC(C)(C)C. The molecule has 0 heterocycles. The Morgan fingerprint density at radius 3 is 2.38 bits per heavy atom. The van der Waals surface area contributed by atoms with Gasteiger partial charge in [-0.25, -0.2) is 9.59 Å². The summed E-state index contributed by atoms with van der Waals surface area (Å²) in [5, 5.41) is 2.46. The molecular formula is C18H29NO5. The zero-order valence-corrected chi connectivity index (χ0v) is 15.1. The van der Waals surface area contributed by atoms with Gasteiger partial charge in [0.25, 0.3) is 0 Å². The lowest BCUT2D eigenvalue weighted by molar-refractivity contribution is -0.143. The van der Waals surface area contributed by atoms with Gasteiger partial charge in [0, 0.05) is 6.42 Å². The molecule has 0 aromatic carbocycles. The van der Waals surface area contributed by atoms with Crippen LogP contribution in [0.15, 0.2) is 12.2 Å². The fraction of sp³-hybridized carbons (Fsp3) is 0.722. The summed E-state index contributed by atoms with van der Waals surface area (Å²) < 4.78 is 9.81. The number of carbonyl (C=O) groups is 3. The summed E-state index contributed by atoms with van der Waals surface area (Å²) in [6.07, 6.45) is 7.90. The van der Waals surface area contributed by atoms with Crippen LogP contribution in [0.3, 0.4) is 0 Å². The quantitative estimate of drug-likeness (QED) is 0.569. The standard InChI is InChI=1S/C18H29NO5/c1-18(2,3)24-17(22)19-15(16(21)23-4)12-11-14(20)10-9-13-7-5-6-8-13/h9-10,13,15H,5-8,11-12H2,1-4H3,(H,19,22)/b10-9+/t15-/m0/s1. The highest BCUT2D eigenvalue weighted by atomic mass is 16.6. The number of ether oxygens (including phenoxy) is 2. The number of rotatable bonds is 7. The molecule has 0 unspecified atom stereocenters. The Hall–Kier alpha value is -1.85. The monoisotopic (exact) mass is 339 g/mol. The molecule has 1 atom stereocenters. The van der Waals surface area contributed by atoms with Crippen LogP contribution in [0.2, 0.25) is 0 Å². The van der Waals surface area contributed by atoms with Crippen LogP contribution in [0, 0.1) is 5.92 Å². The summed E-state index contributed by atoms with van der Waals surface area (Å²) in [5.74, 6) is -0.152. The van der Waals surface area contributed by atoms with Gasteiger partial charge in [-0.05, 0) is 52.0 Å². The van der Waals surface area contributed by atoms with Gasteiger partial charge in [0.1, 0.15) is 11.6 Å². The van der Waals surface area contributed by atoms with Crippen LogP contribution in [0.25, 0.3) is 0 Å². The Balaban J connectivity index is 2.48. The average molecular weight is 339 g/mol. The molecular weight excluding hydrogens is 310 g/mol. The van der Waals surface area contributed by atoms with Gasteiger partial charge in [0.05, 0.1) is 7.11 Å². The molecule has 1 N–H and O–H groups in total. The predicted octanol–water partition coefficient (Wildman–Crippen LogP) is 3.15. The molecule has 0 spiro atoms. The van der Waals surface area contributed by atoms with E-state index in [4.69, 9.17) is 4.74 Å². The van der Waals surface area contributed by atoms with E-state index in [0.717, 1.165) is 12.8 Å². The van der Waals surface area contributed by atoms with E-state index in [1.54, 1.807) is 26.8 Å². The normalized spacial score (nSPS) is 16.8. The zero-order valence-electron chi connectivity index (χ0n) is 15.1. The lowest BCUT2D eigenvalue weighted by Gasteiger charge is -2.22. The van der Waals surface area contributed by atoms with Crippen LogP contribution in [-0.4, -0.2) is 36.6 Å². The fourth-order valence-electron chi connectivity index (χ4n) is 2.60. The Bertz CT molecular complexity index is 472. The first-order valence-corrected chi connectivity index (χ1v) is 8.49. The minimum atomic E-state index is -0.895. The van der Waals surface area contributed by atoms with E-state index >= 15 is 0 Å². The molecule has 0 aromatic heterocycles. The number of methoxy groups -OCH3 is 1. The van der Waals surface area contributed by atoms with Crippen molar-refractivity contribution in [3.8, 4) is 0 Å². The molecule has 0 radical (unpaired) electrons. The minimum Gasteiger partial charge on any atom is -0.467 e. The third-order valence-corrected chi connectivity index (χ3v) is 3.81. The van der Waals surface area contributed by atoms with Gasteiger partial charge >= 0.3 is 12.1 Å². The van der Waals surface area contributed by atoms with Crippen LogP contribution < -0.4 is 5.32 Å². The van der Waals surface area contributed by atoms with Crippen LogP contribution >= 0.6 is 0 Å². The van der Waals surface area contributed by atoms with Gasteiger partial charge in [0.15, 0.2) is 5.78 Å². The highest BCUT2D eigenvalue weighted by Gasteiger charge is 2.25. The third-order valence-electron chi connectivity index (χ3n) is 3.81. The Labute approximate surface area is 144 Å². The number of amides is 1. The van der Waals surface area contributed by atoms with Crippen molar-refractivity contribution in [3.05, 3.63) is 12.2 Å². The summed E-state index contributed by atoms with van der Waals surface area (Å²) in [6, 6.07) is -0.895. The van der Waals surface area contributed by atoms with Crippen molar-refractivity contribution in [3.63, 3.8) is 0 Å². The molecule has 1 amide bonds. The van der Waals surface area contributed by atoms with Crippen molar-refractivity contribution in [2.24, 2.45) is 5.92 Å². The number of esters is 1. The molecule has 1 fully saturated rings. The molecule has 1 saturated carbocycles. The van der Waals surface area contributed by atoms with Crippen LogP contribution in [0.4, 0.5) is 4.79 Å². The lowest BCUT2D eigenvalue weighted by Crippen LogP contribution is -2.44. The number of nitrogens with one attached hydrogen (secondary N) is 1. The Morgan fingerprint density at radius 2 is 1.83 bits per heavy atom. The topological polar surface area (TPSA) is 81.7 Å². The molecule has 6 heteroatoms. The second kappa shape index (κ2) is 9.45. The molecule has 0 bridgehead atoms. The molecule has 136 valence electrons. The first-order valence-electron chi connectivity index (χ1n) is 8.49. The third kappa shape index (κ3) is 8.13. The number of ketones is 1. The summed E-state index contributed by atoms with van der Waals surface area (Å²) in [6.45, 7) is 5.20. The van der Waals surface area contributed by atoms with Crippen molar-refractivity contribution < 1.29 is 23.9 Å². The summed E-state index contributed by atoms with van der Waals surface area (Å²) in [5.41, 5.74) is -0.662. The zero-order chi connectivity index (χ0) is 18.2. The van der Waals surface area contributed by atoms with Gasteiger partial charge in [0.2, 0.25) is 0 Å². The number of carbonyl (C=O) groups excluding carboxylic acids is 3. The average Bonchev–Trinajstić information content (AvgIpc) is 3.00. The molecule has 1 aliphatic carbocycles. The van der Waals surface area contributed by atoms with Gasteiger partial charge in [-0.2, -0.15) is 0 Å². The van der Waals surface area contributed by atoms with E-state index in [0.29, 0.717) is 5.92 Å². The van der Waals surface area contributed by atoms with Crippen molar-refractivity contribution in [2.75, 3.05) is 7.11 Å². The van der Waals surface area contributed by atoms with Crippen molar-refractivity contribution >= 4 is 17.8 Å². The number of allylic oxidation sites excluding steroid dienone is 2. The Morgan fingerprint density at radius 1 is 1.21 bits per heavy atom. The second-order valence-electron chi connectivity index (χ2n) is 7.13. The second-order valence-corrected chi connectivity index (χ2v) is 7.13. The van der Waals surface area contributed by atoms with Gasteiger partial charge in [-0.15, -0.1) is 0 Å². The largest absolute Gasteiger partial charge is 0.467 e. The fourth-order valence-corrected chi connectivity index (χ4v) is 2.60. The minimum absolute atomic E-state index is 0.0539.